The van der Waals surface area contributed by atoms with Gasteiger partial charge >= 0.3 is 5.97 Å². The summed E-state index contributed by atoms with van der Waals surface area (Å²) >= 11 is 7.94. The van der Waals surface area contributed by atoms with Crippen molar-refractivity contribution < 1.29 is 14.6 Å². The van der Waals surface area contributed by atoms with E-state index in [1.54, 1.807) is 4.68 Å². The average Bonchev–Trinajstić information content (AvgIpc) is 2.76. The Balaban J connectivity index is 2.21. The summed E-state index contributed by atoms with van der Waals surface area (Å²) in [6, 6.07) is 1.35. The minimum absolute atomic E-state index is 0.117. The zero-order chi connectivity index (χ0) is 14.3. The van der Waals surface area contributed by atoms with Gasteiger partial charge in [-0.25, -0.2) is 14.5 Å². The molecule has 0 bridgehead atoms. The Bertz CT molecular complexity index is 682. The van der Waals surface area contributed by atoms with E-state index in [1.165, 1.54) is 6.07 Å². The van der Waals surface area contributed by atoms with E-state index in [-0.39, 0.29) is 16.9 Å². The van der Waals surface area contributed by atoms with Crippen LogP contribution in [0.4, 0.5) is 0 Å². The number of carbonyl (C=O) groups is 1. The fraction of sp³-hybridized carbons (Fsp3) is 0.417. The molecule has 2 aromatic heterocycles. The summed E-state index contributed by atoms with van der Waals surface area (Å²) in [6.45, 7) is 0.676. The van der Waals surface area contributed by atoms with Crippen molar-refractivity contribution in [1.29, 1.82) is 0 Å². The molecule has 3 heterocycles. The van der Waals surface area contributed by atoms with Gasteiger partial charge in [0, 0.05) is 6.61 Å². The molecule has 1 atom stereocenters. The maximum absolute atomic E-state index is 11.3. The van der Waals surface area contributed by atoms with Gasteiger partial charge in [0.25, 0.3) is 0 Å². The van der Waals surface area contributed by atoms with E-state index in [0.717, 1.165) is 19.3 Å². The van der Waals surface area contributed by atoms with E-state index >= 15 is 0 Å². The summed E-state index contributed by atoms with van der Waals surface area (Å²) in [5, 5.41) is 14.3. The summed E-state index contributed by atoms with van der Waals surface area (Å²) in [5.41, 5.74) is 0.581. The maximum atomic E-state index is 11.3. The van der Waals surface area contributed by atoms with Crippen molar-refractivity contribution in [2.45, 2.75) is 25.5 Å². The zero-order valence-electron chi connectivity index (χ0n) is 10.3. The standard InChI is InChI=1S/C12H11ClIN3O3/c13-7-5-6(12(18)19)9-10(14)16-17(11(9)15-7)8-3-1-2-4-20-8/h5,8H,1-4H2,(H,18,19). The Morgan fingerprint density at radius 2 is 2.35 bits per heavy atom. The quantitative estimate of drug-likeness (QED) is 0.611. The molecule has 1 aliphatic rings. The number of carboxylic acid groups (broad SMARTS) is 1. The number of fused-ring (bicyclic) bond motifs is 1. The van der Waals surface area contributed by atoms with Crippen molar-refractivity contribution in [3.05, 3.63) is 20.5 Å². The number of rotatable bonds is 2. The highest BCUT2D eigenvalue weighted by atomic mass is 127. The Morgan fingerprint density at radius 3 is 3.00 bits per heavy atom. The van der Waals surface area contributed by atoms with Crippen molar-refractivity contribution in [3.8, 4) is 0 Å². The van der Waals surface area contributed by atoms with Gasteiger partial charge in [0.05, 0.1) is 10.9 Å². The monoisotopic (exact) mass is 407 g/mol. The minimum Gasteiger partial charge on any atom is -0.478 e. The Morgan fingerprint density at radius 1 is 1.55 bits per heavy atom. The molecule has 0 spiro atoms. The van der Waals surface area contributed by atoms with Crippen LogP contribution in [0.15, 0.2) is 6.07 Å². The first-order valence-electron chi connectivity index (χ1n) is 6.17. The maximum Gasteiger partial charge on any atom is 0.336 e. The van der Waals surface area contributed by atoms with Gasteiger partial charge in [-0.15, -0.1) is 0 Å². The summed E-state index contributed by atoms with van der Waals surface area (Å²) in [7, 11) is 0. The summed E-state index contributed by atoms with van der Waals surface area (Å²) in [4.78, 5) is 15.6. The third kappa shape index (κ3) is 2.38. The lowest BCUT2D eigenvalue weighted by Crippen LogP contribution is -2.19. The molecule has 0 aromatic carbocycles. The molecule has 1 N–H and O–H groups in total. The molecule has 3 rings (SSSR count). The lowest BCUT2D eigenvalue weighted by atomic mass is 10.2. The van der Waals surface area contributed by atoms with Gasteiger partial charge in [0.1, 0.15) is 8.85 Å². The highest BCUT2D eigenvalue weighted by Crippen LogP contribution is 2.30. The molecule has 1 fully saturated rings. The molecule has 2 aromatic rings. The molecule has 0 radical (unpaired) electrons. The molecule has 1 aliphatic heterocycles. The third-order valence-electron chi connectivity index (χ3n) is 3.25. The second-order valence-corrected chi connectivity index (χ2v) is 5.96. The molecule has 1 unspecified atom stereocenters. The number of hydrogen-bond donors (Lipinski definition) is 1. The molecule has 1 saturated heterocycles. The number of pyridine rings is 1. The topological polar surface area (TPSA) is 77.2 Å². The van der Waals surface area contributed by atoms with Gasteiger partial charge in [-0.1, -0.05) is 11.6 Å². The van der Waals surface area contributed by atoms with Crippen LogP contribution in [-0.2, 0) is 4.74 Å². The van der Waals surface area contributed by atoms with Gasteiger partial charge in [0.15, 0.2) is 11.9 Å². The zero-order valence-corrected chi connectivity index (χ0v) is 13.3. The van der Waals surface area contributed by atoms with E-state index in [4.69, 9.17) is 16.3 Å². The first kappa shape index (κ1) is 14.0. The molecule has 106 valence electrons. The first-order valence-corrected chi connectivity index (χ1v) is 7.63. The molecule has 0 aliphatic carbocycles. The predicted molar refractivity (Wildman–Crippen MR) is 81.1 cm³/mol. The fourth-order valence-electron chi connectivity index (χ4n) is 2.35. The number of nitrogens with zero attached hydrogens (tertiary/aromatic N) is 3. The SMILES string of the molecule is O=C(O)c1cc(Cl)nc2c1c(I)nn2C1CCCCO1. The number of hydrogen-bond acceptors (Lipinski definition) is 4. The molecular formula is C12H11ClIN3O3. The molecule has 0 amide bonds. The van der Waals surface area contributed by atoms with Crippen LogP contribution in [-0.4, -0.2) is 32.4 Å². The Kier molecular flexibility index (Phi) is 3.83. The van der Waals surface area contributed by atoms with E-state index in [9.17, 15) is 9.90 Å². The number of ether oxygens (including phenoxy) is 1. The molecule has 6 nitrogen and oxygen atoms in total. The predicted octanol–water partition coefficient (Wildman–Crippen LogP) is 3.09. The Labute approximate surface area is 133 Å². The minimum atomic E-state index is -1.04. The van der Waals surface area contributed by atoms with E-state index in [0.29, 0.717) is 21.3 Å². The van der Waals surface area contributed by atoms with Crippen molar-refractivity contribution in [2.75, 3.05) is 6.61 Å². The average molecular weight is 408 g/mol. The number of halogens is 2. The normalized spacial score (nSPS) is 19.4. The highest BCUT2D eigenvalue weighted by molar-refractivity contribution is 14.1. The number of aromatic carboxylic acids is 1. The fourth-order valence-corrected chi connectivity index (χ4v) is 3.30. The van der Waals surface area contributed by atoms with E-state index in [2.05, 4.69) is 10.1 Å². The van der Waals surface area contributed by atoms with Crippen molar-refractivity contribution in [3.63, 3.8) is 0 Å². The van der Waals surface area contributed by atoms with Crippen molar-refractivity contribution in [2.24, 2.45) is 0 Å². The summed E-state index contributed by atoms with van der Waals surface area (Å²) < 4.78 is 7.93. The van der Waals surface area contributed by atoms with Crippen molar-refractivity contribution >= 4 is 51.2 Å². The van der Waals surface area contributed by atoms with E-state index < -0.39 is 5.97 Å². The number of aromatic nitrogens is 3. The van der Waals surface area contributed by atoms with Crippen LogP contribution in [0.3, 0.4) is 0 Å². The van der Waals surface area contributed by atoms with Gasteiger partial charge in [-0.05, 0) is 47.9 Å². The summed E-state index contributed by atoms with van der Waals surface area (Å²) in [5.74, 6) is -1.04. The smallest absolute Gasteiger partial charge is 0.336 e. The molecular weight excluding hydrogens is 397 g/mol. The number of carboxylic acids is 1. The Hall–Kier alpha value is -0.930. The van der Waals surface area contributed by atoms with Crippen LogP contribution >= 0.6 is 34.2 Å². The van der Waals surface area contributed by atoms with Gasteiger partial charge in [-0.3, -0.25) is 0 Å². The van der Waals surface area contributed by atoms with Gasteiger partial charge < -0.3 is 9.84 Å². The molecule has 20 heavy (non-hydrogen) atoms. The first-order chi connectivity index (χ1) is 9.58. The largest absolute Gasteiger partial charge is 0.478 e. The molecule has 0 saturated carbocycles. The highest BCUT2D eigenvalue weighted by Gasteiger charge is 2.24. The lowest BCUT2D eigenvalue weighted by Gasteiger charge is -2.23. The van der Waals surface area contributed by atoms with E-state index in [1.807, 2.05) is 22.6 Å². The second kappa shape index (κ2) is 5.45. The van der Waals surface area contributed by atoms with Crippen LogP contribution in [0.2, 0.25) is 5.15 Å². The lowest BCUT2D eigenvalue weighted by molar-refractivity contribution is -0.0372. The van der Waals surface area contributed by atoms with Crippen LogP contribution < -0.4 is 0 Å². The van der Waals surface area contributed by atoms with Crippen LogP contribution in [0.1, 0.15) is 35.8 Å². The van der Waals surface area contributed by atoms with Crippen LogP contribution in [0.5, 0.6) is 0 Å². The second-order valence-electron chi connectivity index (χ2n) is 4.55. The van der Waals surface area contributed by atoms with Crippen LogP contribution in [0.25, 0.3) is 11.0 Å². The van der Waals surface area contributed by atoms with Gasteiger partial charge in [-0.2, -0.15) is 5.10 Å². The van der Waals surface area contributed by atoms with Crippen LogP contribution in [0, 0.1) is 3.70 Å². The summed E-state index contributed by atoms with van der Waals surface area (Å²) in [6.07, 6.45) is 2.71. The van der Waals surface area contributed by atoms with Gasteiger partial charge in [0.2, 0.25) is 0 Å². The van der Waals surface area contributed by atoms with Crippen molar-refractivity contribution in [1.82, 2.24) is 14.8 Å². The molecule has 8 heteroatoms. The third-order valence-corrected chi connectivity index (χ3v) is 4.20.